The predicted octanol–water partition coefficient (Wildman–Crippen LogP) is 5.13. The van der Waals surface area contributed by atoms with Gasteiger partial charge >= 0.3 is 0 Å². The van der Waals surface area contributed by atoms with Crippen molar-refractivity contribution < 1.29 is 13.9 Å². The molecule has 0 bridgehead atoms. The van der Waals surface area contributed by atoms with Crippen molar-refractivity contribution in [3.05, 3.63) is 57.9 Å². The van der Waals surface area contributed by atoms with Gasteiger partial charge in [-0.1, -0.05) is 17.7 Å². The molecule has 2 aromatic carbocycles. The molecule has 1 atom stereocenters. The molecule has 0 spiro atoms. The van der Waals surface area contributed by atoms with Gasteiger partial charge in [-0.05, 0) is 36.2 Å². The number of rotatable bonds is 4. The highest BCUT2D eigenvalue weighted by atomic mass is 35.5. The topological polar surface area (TPSA) is 18.5 Å². The van der Waals surface area contributed by atoms with Crippen LogP contribution < -0.4 is 9.47 Å². The monoisotopic (exact) mass is 328 g/mol. The highest BCUT2D eigenvalue weighted by molar-refractivity contribution is 6.30. The van der Waals surface area contributed by atoms with Gasteiger partial charge in [0.05, 0.1) is 19.6 Å². The van der Waals surface area contributed by atoms with Crippen molar-refractivity contribution in [3.8, 4) is 11.5 Å². The van der Waals surface area contributed by atoms with Crippen LogP contribution in [-0.4, -0.2) is 14.2 Å². The van der Waals surface area contributed by atoms with E-state index >= 15 is 0 Å². The third-order valence-corrected chi connectivity index (χ3v) is 3.99. The maximum absolute atomic E-state index is 14.3. The van der Waals surface area contributed by atoms with Gasteiger partial charge in [0.15, 0.2) is 11.5 Å². The van der Waals surface area contributed by atoms with Crippen molar-refractivity contribution in [2.45, 2.75) is 12.3 Å². The number of aryl methyl sites for hydroxylation is 1. The molecule has 2 aromatic rings. The molecule has 0 saturated heterocycles. The van der Waals surface area contributed by atoms with Gasteiger partial charge in [0.25, 0.3) is 0 Å². The van der Waals surface area contributed by atoms with Crippen molar-refractivity contribution in [1.82, 2.24) is 0 Å². The molecule has 112 valence electrons. The zero-order chi connectivity index (χ0) is 15.6. The Balaban J connectivity index is 2.50. The maximum atomic E-state index is 14.3. The number of halogens is 3. The summed E-state index contributed by atoms with van der Waals surface area (Å²) >= 11 is 12.4. The Morgan fingerprint density at radius 2 is 1.62 bits per heavy atom. The van der Waals surface area contributed by atoms with E-state index < -0.39 is 11.2 Å². The molecule has 0 N–H and O–H groups in total. The van der Waals surface area contributed by atoms with Crippen LogP contribution in [0, 0.1) is 12.7 Å². The minimum absolute atomic E-state index is 0.329. The smallest absolute Gasteiger partial charge is 0.163 e. The van der Waals surface area contributed by atoms with Gasteiger partial charge in [-0.2, -0.15) is 0 Å². The fourth-order valence-corrected chi connectivity index (χ4v) is 2.79. The lowest BCUT2D eigenvalue weighted by Crippen LogP contribution is -2.02. The number of hydrogen-bond acceptors (Lipinski definition) is 2. The molecule has 2 nitrogen and oxygen atoms in total. The van der Waals surface area contributed by atoms with E-state index in [0.717, 1.165) is 11.1 Å². The van der Waals surface area contributed by atoms with Crippen LogP contribution in [0.1, 0.15) is 22.1 Å². The summed E-state index contributed by atoms with van der Waals surface area (Å²) in [6.07, 6.45) is 0. The molecule has 0 amide bonds. The summed E-state index contributed by atoms with van der Waals surface area (Å²) in [5.74, 6) is 0.323. The molecule has 0 fully saturated rings. The number of benzene rings is 2. The summed E-state index contributed by atoms with van der Waals surface area (Å²) in [6, 6.07) is 8.16. The first kappa shape index (κ1) is 15.9. The highest BCUT2D eigenvalue weighted by Gasteiger charge is 2.20. The van der Waals surface area contributed by atoms with E-state index in [1.165, 1.54) is 20.3 Å². The van der Waals surface area contributed by atoms with Gasteiger partial charge in [-0.3, -0.25) is 0 Å². The van der Waals surface area contributed by atoms with Crippen LogP contribution in [0.25, 0.3) is 0 Å². The Kier molecular flexibility index (Phi) is 4.96. The lowest BCUT2D eigenvalue weighted by atomic mass is 9.99. The zero-order valence-corrected chi connectivity index (χ0v) is 13.4. The van der Waals surface area contributed by atoms with Gasteiger partial charge in [0.2, 0.25) is 0 Å². The molecule has 21 heavy (non-hydrogen) atoms. The van der Waals surface area contributed by atoms with Crippen molar-refractivity contribution in [2.75, 3.05) is 14.2 Å². The molecule has 0 aliphatic carbocycles. The third kappa shape index (κ3) is 3.25. The van der Waals surface area contributed by atoms with Gasteiger partial charge in [0, 0.05) is 16.7 Å². The summed E-state index contributed by atoms with van der Waals surface area (Å²) < 4.78 is 24.5. The van der Waals surface area contributed by atoms with Crippen LogP contribution >= 0.6 is 23.2 Å². The van der Waals surface area contributed by atoms with E-state index in [4.69, 9.17) is 32.7 Å². The Bertz CT molecular complexity index is 659. The van der Waals surface area contributed by atoms with Crippen molar-refractivity contribution in [1.29, 1.82) is 0 Å². The molecule has 0 aromatic heterocycles. The van der Waals surface area contributed by atoms with Crippen LogP contribution in [-0.2, 0) is 0 Å². The highest BCUT2D eigenvalue weighted by Crippen LogP contribution is 2.38. The van der Waals surface area contributed by atoms with Crippen LogP contribution in [0.15, 0.2) is 30.3 Å². The van der Waals surface area contributed by atoms with Crippen LogP contribution in [0.5, 0.6) is 11.5 Å². The molecule has 0 heterocycles. The molecule has 0 radical (unpaired) electrons. The zero-order valence-electron chi connectivity index (χ0n) is 11.9. The minimum atomic E-state index is -0.637. The lowest BCUT2D eigenvalue weighted by molar-refractivity contribution is 0.351. The van der Waals surface area contributed by atoms with E-state index in [1.807, 2.05) is 6.92 Å². The largest absolute Gasteiger partial charge is 0.493 e. The second-order valence-corrected chi connectivity index (χ2v) is 5.47. The molecule has 0 aliphatic rings. The van der Waals surface area contributed by atoms with Crippen molar-refractivity contribution in [2.24, 2.45) is 0 Å². The standard InChI is InChI=1S/C16H15Cl2FO2/c1-9-6-10(17)4-5-11(9)16(18)12-7-14(20-2)15(21-3)8-13(12)19/h4-8,16H,1-3H3. The average molecular weight is 329 g/mol. The first-order valence-electron chi connectivity index (χ1n) is 6.29. The first-order valence-corrected chi connectivity index (χ1v) is 7.11. The van der Waals surface area contributed by atoms with E-state index in [-0.39, 0.29) is 0 Å². The van der Waals surface area contributed by atoms with Gasteiger partial charge in [-0.25, -0.2) is 4.39 Å². The lowest BCUT2D eigenvalue weighted by Gasteiger charge is -2.17. The van der Waals surface area contributed by atoms with Gasteiger partial charge < -0.3 is 9.47 Å². The van der Waals surface area contributed by atoms with Crippen LogP contribution in [0.3, 0.4) is 0 Å². The fourth-order valence-electron chi connectivity index (χ4n) is 2.16. The second kappa shape index (κ2) is 6.54. The van der Waals surface area contributed by atoms with Crippen LogP contribution in [0.2, 0.25) is 5.02 Å². The van der Waals surface area contributed by atoms with E-state index in [1.54, 1.807) is 24.3 Å². The minimum Gasteiger partial charge on any atom is -0.493 e. The predicted molar refractivity (Wildman–Crippen MR) is 83.4 cm³/mol. The third-order valence-electron chi connectivity index (χ3n) is 3.28. The second-order valence-electron chi connectivity index (χ2n) is 4.59. The Morgan fingerprint density at radius 3 is 2.19 bits per heavy atom. The normalized spacial score (nSPS) is 12.1. The quantitative estimate of drug-likeness (QED) is 0.724. The molecule has 0 aliphatic heterocycles. The Morgan fingerprint density at radius 1 is 1.00 bits per heavy atom. The maximum Gasteiger partial charge on any atom is 0.163 e. The molecule has 5 heteroatoms. The summed E-state index contributed by atoms with van der Waals surface area (Å²) in [5, 5.41) is -0.0185. The number of methoxy groups -OCH3 is 2. The van der Waals surface area contributed by atoms with E-state index in [0.29, 0.717) is 22.1 Å². The molecular weight excluding hydrogens is 314 g/mol. The number of alkyl halides is 1. The van der Waals surface area contributed by atoms with Crippen LogP contribution in [0.4, 0.5) is 4.39 Å². The summed E-state index contributed by atoms with van der Waals surface area (Å²) in [4.78, 5) is 0. The van der Waals surface area contributed by atoms with Gasteiger partial charge in [0.1, 0.15) is 5.82 Å². The Labute approximate surface area is 133 Å². The molecule has 0 saturated carbocycles. The van der Waals surface area contributed by atoms with Crippen molar-refractivity contribution >= 4 is 23.2 Å². The number of ether oxygens (including phenoxy) is 2. The number of hydrogen-bond donors (Lipinski definition) is 0. The SMILES string of the molecule is COc1cc(F)c(C(Cl)c2ccc(Cl)cc2C)cc1OC. The molecular formula is C16H15Cl2FO2. The fraction of sp³-hybridized carbons (Fsp3) is 0.250. The Hall–Kier alpha value is -1.45. The summed E-state index contributed by atoms with van der Waals surface area (Å²) in [7, 11) is 2.95. The van der Waals surface area contributed by atoms with Gasteiger partial charge in [-0.15, -0.1) is 11.6 Å². The average Bonchev–Trinajstić information content (AvgIpc) is 2.46. The summed E-state index contributed by atoms with van der Waals surface area (Å²) in [5.41, 5.74) is 2.03. The van der Waals surface area contributed by atoms with Crippen molar-refractivity contribution in [3.63, 3.8) is 0 Å². The molecule has 2 rings (SSSR count). The summed E-state index contributed by atoms with van der Waals surface area (Å²) in [6.45, 7) is 1.88. The van der Waals surface area contributed by atoms with E-state index in [9.17, 15) is 4.39 Å². The molecule has 1 unspecified atom stereocenters. The first-order chi connectivity index (χ1) is 9.97. The van der Waals surface area contributed by atoms with E-state index in [2.05, 4.69) is 0 Å².